The minimum absolute atomic E-state index is 0.0626. The summed E-state index contributed by atoms with van der Waals surface area (Å²) in [4.78, 5) is 21.9. The van der Waals surface area contributed by atoms with Crippen LogP contribution in [0, 0.1) is 11.8 Å². The minimum atomic E-state index is -0.0897. The monoisotopic (exact) mass is 300 g/mol. The summed E-state index contributed by atoms with van der Waals surface area (Å²) in [7, 11) is 0. The van der Waals surface area contributed by atoms with Crippen molar-refractivity contribution < 1.29 is 14.3 Å². The predicted molar refractivity (Wildman–Crippen MR) is 84.9 cm³/mol. The fourth-order valence-electron chi connectivity index (χ4n) is 2.49. The Hall–Kier alpha value is -1.10. The van der Waals surface area contributed by atoms with E-state index in [9.17, 15) is 9.59 Å². The third kappa shape index (κ3) is 8.71. The number of esters is 1. The maximum Gasteiger partial charge on any atom is 0.310 e. The molecule has 0 aliphatic carbocycles. The second-order valence-electron chi connectivity index (χ2n) is 6.09. The van der Waals surface area contributed by atoms with Crippen molar-refractivity contribution in [3.05, 3.63) is 0 Å². The summed E-state index contributed by atoms with van der Waals surface area (Å²) < 4.78 is 5.09. The van der Waals surface area contributed by atoms with Gasteiger partial charge in [0.15, 0.2) is 0 Å². The smallest absolute Gasteiger partial charge is 0.310 e. The molecular weight excluding hydrogens is 268 g/mol. The number of amides is 1. The highest BCUT2D eigenvalue weighted by atomic mass is 16.5. The van der Waals surface area contributed by atoms with E-state index in [1.807, 2.05) is 13.8 Å². The SMILES string of the molecule is CCOC(=O)C(C(C)C)C(C)NC(C)C.O=C1CCCN1. The van der Waals surface area contributed by atoms with E-state index in [0.717, 1.165) is 19.4 Å². The molecule has 124 valence electrons. The fraction of sp³-hybridized carbons (Fsp3) is 0.875. The number of rotatable bonds is 6. The standard InChI is InChI=1S/C12H25NO2.C4H7NO/c1-7-15-12(14)11(8(2)3)10(6)13-9(4)5;6-4-2-1-3-5-4/h8-11,13H,7H2,1-6H3;1-3H2,(H,5,6). The van der Waals surface area contributed by atoms with Gasteiger partial charge in [-0.1, -0.05) is 27.7 Å². The van der Waals surface area contributed by atoms with E-state index in [1.165, 1.54) is 0 Å². The topological polar surface area (TPSA) is 67.4 Å². The zero-order valence-electron chi connectivity index (χ0n) is 14.4. The van der Waals surface area contributed by atoms with E-state index in [-0.39, 0.29) is 23.8 Å². The summed E-state index contributed by atoms with van der Waals surface area (Å²) in [5.41, 5.74) is 0. The van der Waals surface area contributed by atoms with Crippen LogP contribution in [0.15, 0.2) is 0 Å². The van der Waals surface area contributed by atoms with E-state index in [0.29, 0.717) is 18.6 Å². The lowest BCUT2D eigenvalue weighted by Gasteiger charge is -2.27. The zero-order valence-corrected chi connectivity index (χ0v) is 14.4. The largest absolute Gasteiger partial charge is 0.466 e. The Morgan fingerprint density at radius 3 is 2.19 bits per heavy atom. The number of carbonyl (C=O) groups excluding carboxylic acids is 2. The van der Waals surface area contributed by atoms with Gasteiger partial charge in [-0.3, -0.25) is 9.59 Å². The highest BCUT2D eigenvalue weighted by molar-refractivity contribution is 5.77. The van der Waals surface area contributed by atoms with Crippen LogP contribution in [0.1, 0.15) is 54.4 Å². The van der Waals surface area contributed by atoms with Gasteiger partial charge in [0, 0.05) is 25.0 Å². The number of hydrogen-bond acceptors (Lipinski definition) is 4. The van der Waals surface area contributed by atoms with Crippen molar-refractivity contribution in [2.75, 3.05) is 13.2 Å². The Morgan fingerprint density at radius 2 is 1.90 bits per heavy atom. The van der Waals surface area contributed by atoms with Crippen LogP contribution < -0.4 is 10.6 Å². The molecule has 0 aromatic carbocycles. The molecule has 1 saturated heterocycles. The molecule has 0 aromatic rings. The molecule has 1 amide bonds. The Labute approximate surface area is 129 Å². The first kappa shape index (κ1) is 19.9. The van der Waals surface area contributed by atoms with Gasteiger partial charge in [-0.25, -0.2) is 0 Å². The second kappa shape index (κ2) is 10.6. The van der Waals surface area contributed by atoms with Gasteiger partial charge in [0.05, 0.1) is 12.5 Å². The second-order valence-corrected chi connectivity index (χ2v) is 6.09. The molecule has 1 aliphatic heterocycles. The number of carbonyl (C=O) groups is 2. The van der Waals surface area contributed by atoms with Gasteiger partial charge in [-0.2, -0.15) is 0 Å². The van der Waals surface area contributed by atoms with Crippen LogP contribution in [-0.4, -0.2) is 37.1 Å². The minimum Gasteiger partial charge on any atom is -0.466 e. The van der Waals surface area contributed by atoms with Crippen molar-refractivity contribution in [2.24, 2.45) is 11.8 Å². The van der Waals surface area contributed by atoms with Gasteiger partial charge in [-0.05, 0) is 26.2 Å². The summed E-state index contributed by atoms with van der Waals surface area (Å²) in [5.74, 6) is 0.348. The molecule has 1 rings (SSSR count). The first-order valence-corrected chi connectivity index (χ1v) is 7.98. The third-order valence-electron chi connectivity index (χ3n) is 3.31. The van der Waals surface area contributed by atoms with Crippen molar-refractivity contribution >= 4 is 11.9 Å². The molecular formula is C16H32N2O3. The molecule has 5 heteroatoms. The summed E-state index contributed by atoms with van der Waals surface area (Å²) >= 11 is 0. The summed E-state index contributed by atoms with van der Waals surface area (Å²) in [5, 5.41) is 6.04. The van der Waals surface area contributed by atoms with Gasteiger partial charge in [0.2, 0.25) is 5.91 Å². The molecule has 2 atom stereocenters. The predicted octanol–water partition coefficient (Wildman–Crippen LogP) is 2.10. The molecule has 2 unspecified atom stereocenters. The molecule has 1 fully saturated rings. The van der Waals surface area contributed by atoms with Crippen molar-refractivity contribution in [3.8, 4) is 0 Å². The van der Waals surface area contributed by atoms with Crippen LogP contribution in [0.4, 0.5) is 0 Å². The van der Waals surface area contributed by atoms with Crippen LogP contribution >= 0.6 is 0 Å². The highest BCUT2D eigenvalue weighted by Gasteiger charge is 2.29. The Balaban J connectivity index is 0.000000547. The molecule has 0 spiro atoms. The molecule has 1 aliphatic rings. The molecule has 1 heterocycles. The Kier molecular flexibility index (Phi) is 10.0. The van der Waals surface area contributed by atoms with E-state index in [1.54, 1.807) is 0 Å². The number of ether oxygens (including phenoxy) is 1. The Bertz CT molecular complexity index is 309. The maximum absolute atomic E-state index is 11.7. The molecule has 2 N–H and O–H groups in total. The highest BCUT2D eigenvalue weighted by Crippen LogP contribution is 2.17. The van der Waals surface area contributed by atoms with E-state index in [4.69, 9.17) is 4.74 Å². The van der Waals surface area contributed by atoms with Gasteiger partial charge in [0.1, 0.15) is 0 Å². The van der Waals surface area contributed by atoms with Gasteiger partial charge in [-0.15, -0.1) is 0 Å². The van der Waals surface area contributed by atoms with Gasteiger partial charge >= 0.3 is 5.97 Å². The summed E-state index contributed by atoms with van der Waals surface area (Å²) in [6.07, 6.45) is 1.76. The summed E-state index contributed by atoms with van der Waals surface area (Å²) in [6, 6.07) is 0.541. The van der Waals surface area contributed by atoms with Gasteiger partial charge < -0.3 is 15.4 Å². The van der Waals surface area contributed by atoms with Crippen LogP contribution in [0.2, 0.25) is 0 Å². The van der Waals surface area contributed by atoms with Crippen molar-refractivity contribution in [1.29, 1.82) is 0 Å². The molecule has 0 radical (unpaired) electrons. The average molecular weight is 300 g/mol. The quantitative estimate of drug-likeness (QED) is 0.737. The van der Waals surface area contributed by atoms with Crippen LogP contribution in [0.25, 0.3) is 0 Å². The van der Waals surface area contributed by atoms with E-state index >= 15 is 0 Å². The number of hydrogen-bond donors (Lipinski definition) is 2. The molecule has 5 nitrogen and oxygen atoms in total. The molecule has 21 heavy (non-hydrogen) atoms. The lowest BCUT2D eigenvalue weighted by molar-refractivity contribution is -0.150. The van der Waals surface area contributed by atoms with Crippen LogP contribution in [0.3, 0.4) is 0 Å². The van der Waals surface area contributed by atoms with Gasteiger partial charge in [0.25, 0.3) is 0 Å². The first-order chi connectivity index (χ1) is 9.79. The third-order valence-corrected chi connectivity index (χ3v) is 3.31. The van der Waals surface area contributed by atoms with Crippen molar-refractivity contribution in [1.82, 2.24) is 10.6 Å². The number of nitrogens with one attached hydrogen (secondary N) is 2. The van der Waals surface area contributed by atoms with E-state index < -0.39 is 0 Å². The molecule has 0 bridgehead atoms. The first-order valence-electron chi connectivity index (χ1n) is 7.98. The molecule has 0 aromatic heterocycles. The fourth-order valence-corrected chi connectivity index (χ4v) is 2.49. The van der Waals surface area contributed by atoms with Crippen molar-refractivity contribution in [3.63, 3.8) is 0 Å². The lowest BCUT2D eigenvalue weighted by Crippen LogP contribution is -2.44. The van der Waals surface area contributed by atoms with E-state index in [2.05, 4.69) is 38.3 Å². The zero-order chi connectivity index (χ0) is 16.4. The normalized spacial score (nSPS) is 17.0. The van der Waals surface area contributed by atoms with Crippen molar-refractivity contribution in [2.45, 2.75) is 66.5 Å². The molecule has 0 saturated carbocycles. The maximum atomic E-state index is 11.7. The van der Waals surface area contributed by atoms with Crippen LogP contribution in [-0.2, 0) is 14.3 Å². The Morgan fingerprint density at radius 1 is 1.29 bits per heavy atom. The van der Waals surface area contributed by atoms with Crippen LogP contribution in [0.5, 0.6) is 0 Å². The lowest BCUT2D eigenvalue weighted by atomic mass is 9.89. The average Bonchev–Trinajstić information content (AvgIpc) is 2.79. The summed E-state index contributed by atoms with van der Waals surface area (Å²) in [6.45, 7) is 13.5.